The van der Waals surface area contributed by atoms with Crippen LogP contribution in [0, 0.1) is 11.3 Å². The molecule has 6 nitrogen and oxygen atoms in total. The first-order valence-electron chi connectivity index (χ1n) is 8.48. The summed E-state index contributed by atoms with van der Waals surface area (Å²) in [4.78, 5) is 14.6. The first kappa shape index (κ1) is 17.5. The largest absolute Gasteiger partial charge is 0.341 e. The minimum atomic E-state index is -3.69. The average molecular weight is 359 g/mol. The van der Waals surface area contributed by atoms with Crippen molar-refractivity contribution in [2.45, 2.75) is 37.1 Å². The molecule has 0 radical (unpaired) electrons. The van der Waals surface area contributed by atoms with Crippen LogP contribution >= 0.6 is 0 Å². The molecule has 0 unspecified atom stereocenters. The van der Waals surface area contributed by atoms with E-state index < -0.39 is 15.6 Å². The van der Waals surface area contributed by atoms with Crippen LogP contribution in [0.4, 0.5) is 0 Å². The third-order valence-electron chi connectivity index (χ3n) is 4.61. The second kappa shape index (κ2) is 7.28. The highest BCUT2D eigenvalue weighted by atomic mass is 32.2. The molecule has 0 bridgehead atoms. The molecule has 2 heterocycles. The Hall–Kier alpha value is -2.33. The van der Waals surface area contributed by atoms with Gasteiger partial charge in [0, 0.05) is 30.2 Å². The van der Waals surface area contributed by atoms with Crippen molar-refractivity contribution < 1.29 is 13.2 Å². The first-order chi connectivity index (χ1) is 12.0. The Morgan fingerprint density at radius 3 is 2.48 bits per heavy atom. The Bertz CT molecular complexity index is 917. The number of likely N-dealkylation sites (tertiary alicyclic amines) is 1. The normalized spacial score (nSPS) is 15.7. The number of amides is 1. The summed E-state index contributed by atoms with van der Waals surface area (Å²) in [5.41, 5.74) is 0.696. The van der Waals surface area contributed by atoms with E-state index in [-0.39, 0.29) is 17.3 Å². The maximum atomic E-state index is 12.7. The minimum Gasteiger partial charge on any atom is -0.341 e. The van der Waals surface area contributed by atoms with Gasteiger partial charge in [-0.15, -0.1) is 0 Å². The van der Waals surface area contributed by atoms with Crippen LogP contribution in [0.5, 0.6) is 0 Å². The molecule has 3 rings (SSSR count). The van der Waals surface area contributed by atoms with E-state index in [4.69, 9.17) is 5.26 Å². The van der Waals surface area contributed by atoms with E-state index in [0.717, 1.165) is 38.8 Å². The summed E-state index contributed by atoms with van der Waals surface area (Å²) < 4.78 is 26.4. The van der Waals surface area contributed by atoms with Gasteiger partial charge in [-0.3, -0.25) is 4.79 Å². The molecule has 0 saturated carbocycles. The van der Waals surface area contributed by atoms with Crippen molar-refractivity contribution in [3.05, 3.63) is 30.5 Å². The molecular weight excluding hydrogens is 338 g/mol. The predicted molar refractivity (Wildman–Crippen MR) is 94.7 cm³/mol. The van der Waals surface area contributed by atoms with Crippen molar-refractivity contribution in [3.8, 4) is 6.07 Å². The second-order valence-electron chi connectivity index (χ2n) is 6.35. The van der Waals surface area contributed by atoms with Gasteiger partial charge in [0.15, 0.2) is 9.84 Å². The maximum absolute atomic E-state index is 12.7. The summed E-state index contributed by atoms with van der Waals surface area (Å²) in [5.74, 6) is -0.562. The monoisotopic (exact) mass is 359 g/mol. The van der Waals surface area contributed by atoms with Gasteiger partial charge >= 0.3 is 0 Å². The molecule has 7 heteroatoms. The number of aromatic nitrogens is 1. The quantitative estimate of drug-likeness (QED) is 0.839. The lowest BCUT2D eigenvalue weighted by molar-refractivity contribution is -0.131. The number of hydrogen-bond acceptors (Lipinski definition) is 4. The number of carbonyl (C=O) groups excluding carboxylic acids is 1. The van der Waals surface area contributed by atoms with Crippen molar-refractivity contribution in [1.82, 2.24) is 9.47 Å². The van der Waals surface area contributed by atoms with Gasteiger partial charge in [0.25, 0.3) is 0 Å². The van der Waals surface area contributed by atoms with Crippen molar-refractivity contribution in [2.24, 2.45) is 0 Å². The molecule has 25 heavy (non-hydrogen) atoms. The fraction of sp³-hybridized carbons (Fsp3) is 0.444. The fourth-order valence-electron chi connectivity index (χ4n) is 3.32. The van der Waals surface area contributed by atoms with E-state index >= 15 is 0 Å². The summed E-state index contributed by atoms with van der Waals surface area (Å²) in [6.45, 7) is 1.64. The van der Waals surface area contributed by atoms with Crippen LogP contribution < -0.4 is 0 Å². The Labute approximate surface area is 147 Å². The Morgan fingerprint density at radius 2 is 1.80 bits per heavy atom. The highest BCUT2D eigenvalue weighted by molar-refractivity contribution is 7.91. The first-order valence-corrected chi connectivity index (χ1v) is 10.1. The van der Waals surface area contributed by atoms with Gasteiger partial charge in [-0.25, -0.2) is 8.42 Å². The zero-order valence-electron chi connectivity index (χ0n) is 14.0. The SMILES string of the molecule is N#CCS(=O)(=O)c1cn(CC(=O)N2CCCCCC2)c2ccccc12. The number of rotatable bonds is 4. The summed E-state index contributed by atoms with van der Waals surface area (Å²) >= 11 is 0. The number of hydrogen-bond donors (Lipinski definition) is 0. The minimum absolute atomic E-state index is 0.00637. The van der Waals surface area contributed by atoms with Crippen molar-refractivity contribution in [3.63, 3.8) is 0 Å². The molecule has 132 valence electrons. The number of para-hydroxylation sites is 1. The van der Waals surface area contributed by atoms with Gasteiger partial charge in [0.2, 0.25) is 5.91 Å². The topological polar surface area (TPSA) is 83.2 Å². The highest BCUT2D eigenvalue weighted by Crippen LogP contribution is 2.26. The molecule has 2 aromatic rings. The maximum Gasteiger partial charge on any atom is 0.242 e. The lowest BCUT2D eigenvalue weighted by Gasteiger charge is -2.20. The number of sulfone groups is 1. The lowest BCUT2D eigenvalue weighted by atomic mass is 10.2. The second-order valence-corrected chi connectivity index (χ2v) is 8.31. The third-order valence-corrected chi connectivity index (χ3v) is 6.11. The van der Waals surface area contributed by atoms with Crippen LogP contribution in [0.2, 0.25) is 0 Å². The Balaban J connectivity index is 1.94. The molecular formula is C18H21N3O3S. The van der Waals surface area contributed by atoms with E-state index in [0.29, 0.717) is 10.9 Å². The predicted octanol–water partition coefficient (Wildman–Crippen LogP) is 2.34. The van der Waals surface area contributed by atoms with Crippen LogP contribution in [-0.4, -0.2) is 42.6 Å². The highest BCUT2D eigenvalue weighted by Gasteiger charge is 2.23. The zero-order chi connectivity index (χ0) is 17.9. The molecule has 0 spiro atoms. The number of nitriles is 1. The molecule has 0 atom stereocenters. The molecule has 1 aliphatic rings. The fourth-order valence-corrected chi connectivity index (χ4v) is 4.44. The Morgan fingerprint density at radius 1 is 1.12 bits per heavy atom. The van der Waals surface area contributed by atoms with Crippen molar-refractivity contribution >= 4 is 26.6 Å². The van der Waals surface area contributed by atoms with E-state index in [2.05, 4.69) is 0 Å². The van der Waals surface area contributed by atoms with E-state index in [1.54, 1.807) is 28.8 Å². The number of carbonyl (C=O) groups is 1. The van der Waals surface area contributed by atoms with E-state index in [1.807, 2.05) is 11.0 Å². The van der Waals surface area contributed by atoms with Crippen molar-refractivity contribution in [1.29, 1.82) is 5.26 Å². The van der Waals surface area contributed by atoms with Crippen molar-refractivity contribution in [2.75, 3.05) is 18.8 Å². The van der Waals surface area contributed by atoms with Gasteiger partial charge in [-0.05, 0) is 18.9 Å². The molecule has 1 aliphatic heterocycles. The van der Waals surface area contributed by atoms with Crippen LogP contribution in [0.1, 0.15) is 25.7 Å². The smallest absolute Gasteiger partial charge is 0.242 e. The van der Waals surface area contributed by atoms with Gasteiger partial charge in [0.05, 0.1) is 11.0 Å². The summed E-state index contributed by atoms with van der Waals surface area (Å²) in [6.07, 6.45) is 5.81. The molecule has 1 aromatic heterocycles. The van der Waals surface area contributed by atoms with Gasteiger partial charge in [-0.1, -0.05) is 31.0 Å². The number of fused-ring (bicyclic) bond motifs is 1. The van der Waals surface area contributed by atoms with Gasteiger partial charge in [0.1, 0.15) is 12.3 Å². The lowest BCUT2D eigenvalue weighted by Crippen LogP contribution is -2.34. The number of benzene rings is 1. The van der Waals surface area contributed by atoms with Gasteiger partial charge in [-0.2, -0.15) is 5.26 Å². The third kappa shape index (κ3) is 3.69. The van der Waals surface area contributed by atoms with E-state index in [9.17, 15) is 13.2 Å². The van der Waals surface area contributed by atoms with E-state index in [1.165, 1.54) is 6.20 Å². The van der Waals surface area contributed by atoms with Crippen LogP contribution in [-0.2, 0) is 21.2 Å². The summed E-state index contributed by atoms with van der Waals surface area (Å²) in [6, 6.07) is 8.80. The Kier molecular flexibility index (Phi) is 5.09. The van der Waals surface area contributed by atoms with Crippen LogP contribution in [0.15, 0.2) is 35.4 Å². The van der Waals surface area contributed by atoms with Crippen LogP contribution in [0.3, 0.4) is 0 Å². The molecule has 0 N–H and O–H groups in total. The summed E-state index contributed by atoms with van der Waals surface area (Å²) in [7, 11) is -3.69. The molecule has 1 saturated heterocycles. The summed E-state index contributed by atoms with van der Waals surface area (Å²) in [5, 5.41) is 9.34. The van der Waals surface area contributed by atoms with Crippen LogP contribution in [0.25, 0.3) is 10.9 Å². The van der Waals surface area contributed by atoms with Gasteiger partial charge < -0.3 is 9.47 Å². The molecule has 1 amide bonds. The molecule has 1 fully saturated rings. The average Bonchev–Trinajstić information content (AvgIpc) is 2.77. The molecule has 0 aliphatic carbocycles. The number of nitrogens with zero attached hydrogens (tertiary/aromatic N) is 3. The molecule has 1 aromatic carbocycles. The standard InChI is InChI=1S/C18H21N3O3S/c19-9-12-25(23,24)17-13-21(16-8-4-3-7-15(16)17)14-18(22)20-10-5-1-2-6-11-20/h3-4,7-8,13H,1-2,5-6,10-12,14H2. The zero-order valence-corrected chi connectivity index (χ0v) is 14.8.